The minimum absolute atomic E-state index is 0.0128. The monoisotopic (exact) mass is 571 g/mol. The van der Waals surface area contributed by atoms with E-state index in [0.29, 0.717) is 20.3 Å². The van der Waals surface area contributed by atoms with Crippen LogP contribution in [0, 0.1) is 0 Å². The Morgan fingerprint density at radius 3 is 2.45 bits per heavy atom. The normalized spacial score (nSPS) is 12.5. The highest BCUT2D eigenvalue weighted by atomic mass is 35.5. The lowest BCUT2D eigenvalue weighted by molar-refractivity contribution is -0.207. The molecular formula is C22H18Cl2F3N7O4. The van der Waals surface area contributed by atoms with Crippen LogP contribution in [0.3, 0.4) is 0 Å². The van der Waals surface area contributed by atoms with E-state index in [0.717, 1.165) is 4.68 Å². The number of aliphatic hydroxyl groups is 1. The Labute approximate surface area is 221 Å². The average molecular weight is 572 g/mol. The van der Waals surface area contributed by atoms with Crippen LogP contribution in [0.5, 0.6) is 0 Å². The average Bonchev–Trinajstić information content (AvgIpc) is 3.39. The number of aliphatic hydroxyl groups excluding tert-OH is 1. The molecule has 38 heavy (non-hydrogen) atoms. The zero-order chi connectivity index (χ0) is 27.6. The Morgan fingerprint density at radius 1 is 1.11 bits per heavy atom. The first-order valence-electron chi connectivity index (χ1n) is 10.7. The maximum atomic E-state index is 13.1. The van der Waals surface area contributed by atoms with Gasteiger partial charge in [0.25, 0.3) is 0 Å². The van der Waals surface area contributed by atoms with Gasteiger partial charge in [0.05, 0.1) is 12.2 Å². The molecule has 11 nitrogen and oxygen atoms in total. The molecule has 0 spiro atoms. The number of hydrogen-bond acceptors (Lipinski definition) is 7. The predicted octanol–water partition coefficient (Wildman–Crippen LogP) is 3.17. The molecule has 4 aromatic rings. The fourth-order valence-electron chi connectivity index (χ4n) is 3.43. The second-order valence-electron chi connectivity index (χ2n) is 7.88. The maximum Gasteiger partial charge on any atom is 0.416 e. The Bertz CT molecular complexity index is 1520. The van der Waals surface area contributed by atoms with Crippen LogP contribution in [0.15, 0.2) is 53.3 Å². The number of nitrogens with zero attached hydrogens (tertiary/aromatic N) is 6. The number of carbonyl (C=O) groups excluding carboxylic acids is 1. The van der Waals surface area contributed by atoms with Gasteiger partial charge in [-0.25, -0.2) is 23.9 Å². The Balaban J connectivity index is 1.75. The fourth-order valence-corrected chi connectivity index (χ4v) is 3.74. The van der Waals surface area contributed by atoms with Crippen LogP contribution in [0.2, 0.25) is 10.0 Å². The van der Waals surface area contributed by atoms with Crippen molar-refractivity contribution < 1.29 is 27.8 Å². The number of halogens is 5. The summed E-state index contributed by atoms with van der Waals surface area (Å²) in [6.45, 7) is -1.83. The molecule has 3 N–H and O–H groups in total. The van der Waals surface area contributed by atoms with Crippen molar-refractivity contribution in [3.05, 3.63) is 80.7 Å². The molecule has 2 aromatic carbocycles. The van der Waals surface area contributed by atoms with Crippen molar-refractivity contribution in [3.8, 4) is 17.1 Å². The zero-order valence-electron chi connectivity index (χ0n) is 19.1. The first kappa shape index (κ1) is 27.2. The van der Waals surface area contributed by atoms with Crippen molar-refractivity contribution in [1.82, 2.24) is 29.1 Å². The molecule has 0 aliphatic rings. The van der Waals surface area contributed by atoms with Gasteiger partial charge in [0.2, 0.25) is 0 Å². The van der Waals surface area contributed by atoms with E-state index in [-0.39, 0.29) is 36.2 Å². The molecule has 1 amide bonds. The largest absolute Gasteiger partial charge is 0.441 e. The maximum absolute atomic E-state index is 13.1. The third-order valence-electron chi connectivity index (χ3n) is 5.16. The van der Waals surface area contributed by atoms with Gasteiger partial charge in [-0.15, -0.1) is 10.2 Å². The summed E-state index contributed by atoms with van der Waals surface area (Å²) in [6, 6.07) is 12.4. The Morgan fingerprint density at radius 2 is 1.82 bits per heavy atom. The van der Waals surface area contributed by atoms with E-state index in [4.69, 9.17) is 33.7 Å². The molecule has 0 bridgehead atoms. The van der Waals surface area contributed by atoms with Crippen LogP contribution in [0.25, 0.3) is 17.1 Å². The molecule has 0 aliphatic heterocycles. The van der Waals surface area contributed by atoms with Gasteiger partial charge in [-0.3, -0.25) is 4.57 Å². The first-order valence-corrected chi connectivity index (χ1v) is 11.5. The van der Waals surface area contributed by atoms with Crippen LogP contribution in [-0.4, -0.2) is 52.6 Å². The number of hydrogen-bond donors (Lipinski definition) is 2. The van der Waals surface area contributed by atoms with Crippen LogP contribution < -0.4 is 11.4 Å². The van der Waals surface area contributed by atoms with Gasteiger partial charge in [-0.2, -0.15) is 13.2 Å². The van der Waals surface area contributed by atoms with Crippen molar-refractivity contribution in [2.45, 2.75) is 32.0 Å². The first-order chi connectivity index (χ1) is 17.9. The lowest BCUT2D eigenvalue weighted by Gasteiger charge is -2.15. The topological polar surface area (TPSA) is 143 Å². The molecule has 4 rings (SSSR count). The van der Waals surface area contributed by atoms with Crippen molar-refractivity contribution in [3.63, 3.8) is 0 Å². The van der Waals surface area contributed by atoms with Crippen molar-refractivity contribution >= 4 is 29.3 Å². The number of aromatic nitrogens is 6. The van der Waals surface area contributed by atoms with Crippen molar-refractivity contribution in [2.24, 2.45) is 5.73 Å². The molecule has 1 atom stereocenters. The molecule has 0 saturated heterocycles. The lowest BCUT2D eigenvalue weighted by Crippen LogP contribution is -2.37. The van der Waals surface area contributed by atoms with Crippen molar-refractivity contribution in [1.29, 1.82) is 0 Å². The van der Waals surface area contributed by atoms with Gasteiger partial charge >= 0.3 is 18.0 Å². The highest BCUT2D eigenvalue weighted by Crippen LogP contribution is 2.24. The van der Waals surface area contributed by atoms with Crippen LogP contribution in [-0.2, 0) is 24.4 Å². The van der Waals surface area contributed by atoms with E-state index in [1.807, 2.05) is 0 Å². The third kappa shape index (κ3) is 6.15. The molecule has 16 heteroatoms. The molecule has 0 saturated carbocycles. The van der Waals surface area contributed by atoms with E-state index < -0.39 is 30.6 Å². The van der Waals surface area contributed by atoms with Gasteiger partial charge in [0, 0.05) is 15.6 Å². The third-order valence-corrected chi connectivity index (χ3v) is 5.65. The van der Waals surface area contributed by atoms with Gasteiger partial charge < -0.3 is 15.6 Å². The summed E-state index contributed by atoms with van der Waals surface area (Å²) in [6.07, 6.45) is -8.84. The van der Waals surface area contributed by atoms with Gasteiger partial charge in [0.15, 0.2) is 30.2 Å². The minimum atomic E-state index is -4.97. The summed E-state index contributed by atoms with van der Waals surface area (Å²) in [5.74, 6) is -0.000635. The lowest BCUT2D eigenvalue weighted by atomic mass is 10.2. The van der Waals surface area contributed by atoms with E-state index in [1.165, 1.54) is 28.9 Å². The molecule has 200 valence electrons. The molecule has 2 aromatic heterocycles. The summed E-state index contributed by atoms with van der Waals surface area (Å²) < 4.78 is 46.9. The van der Waals surface area contributed by atoms with Gasteiger partial charge in [0.1, 0.15) is 6.54 Å². The predicted molar refractivity (Wildman–Crippen MR) is 129 cm³/mol. The van der Waals surface area contributed by atoms with Crippen molar-refractivity contribution in [2.75, 3.05) is 0 Å². The summed E-state index contributed by atoms with van der Waals surface area (Å²) >= 11 is 12.0. The number of ether oxygens (including phenoxy) is 1. The van der Waals surface area contributed by atoms with E-state index in [1.54, 1.807) is 24.3 Å². The van der Waals surface area contributed by atoms with Crippen LogP contribution >= 0.6 is 23.2 Å². The number of carbonyl (C=O) groups is 1. The quantitative estimate of drug-likeness (QED) is 0.330. The second-order valence-corrected chi connectivity index (χ2v) is 8.76. The van der Waals surface area contributed by atoms with Crippen LogP contribution in [0.4, 0.5) is 18.0 Å². The van der Waals surface area contributed by atoms with Gasteiger partial charge in [-0.05, 0) is 42.5 Å². The smallest absolute Gasteiger partial charge is 0.416 e. The zero-order valence-corrected chi connectivity index (χ0v) is 20.7. The number of rotatable bonds is 8. The molecule has 0 aliphatic carbocycles. The number of primary amides is 1. The number of benzene rings is 2. The summed E-state index contributed by atoms with van der Waals surface area (Å²) in [5, 5.41) is 18.9. The summed E-state index contributed by atoms with van der Waals surface area (Å²) in [7, 11) is 0. The second kappa shape index (κ2) is 10.8. The van der Waals surface area contributed by atoms with E-state index in [2.05, 4.69) is 15.2 Å². The molecule has 0 unspecified atom stereocenters. The molecule has 0 radical (unpaired) electrons. The number of nitrogens with two attached hydrogens (primary N) is 1. The molecule has 0 fully saturated rings. The van der Waals surface area contributed by atoms with E-state index >= 15 is 0 Å². The highest BCUT2D eigenvalue weighted by Gasteiger charge is 2.39. The number of amides is 1. The number of alkyl halides is 3. The Hall–Kier alpha value is -3.88. The summed E-state index contributed by atoms with van der Waals surface area (Å²) in [4.78, 5) is 28.5. The van der Waals surface area contributed by atoms with Gasteiger partial charge in [-0.1, -0.05) is 29.3 Å². The minimum Gasteiger partial charge on any atom is -0.441 e. The van der Waals surface area contributed by atoms with E-state index in [9.17, 15) is 27.9 Å². The molecular weight excluding hydrogens is 554 g/mol. The standard InChI is InChI=1S/C22H18Cl2F3N7O4/c23-13-6-4-12(5-7-13)19-31-33(21(37)32(19)9-16(35)22(25,26)27)10-17-29-18(11-38-20(28)36)34(30-17)15-3-1-2-14(24)8-15/h1-8,16,35H,9-11H2,(H2,28,36)/t16-/m0/s1. The Kier molecular flexibility index (Phi) is 7.76. The SMILES string of the molecule is NC(=O)OCc1nc(Cn2nc(-c3ccc(Cl)cc3)n(C[C@H](O)C(F)(F)F)c2=O)nn1-c1cccc(Cl)c1. The fraction of sp³-hybridized carbons (Fsp3) is 0.227. The van der Waals surface area contributed by atoms with Crippen LogP contribution in [0.1, 0.15) is 11.6 Å². The highest BCUT2D eigenvalue weighted by molar-refractivity contribution is 6.31. The summed E-state index contributed by atoms with van der Waals surface area (Å²) in [5.41, 5.74) is 4.84. The molecule has 2 heterocycles.